The lowest BCUT2D eigenvalue weighted by Crippen LogP contribution is -2.13. The van der Waals surface area contributed by atoms with Crippen molar-refractivity contribution in [2.24, 2.45) is 0 Å². The Bertz CT molecular complexity index is 915. The standard InChI is InChI=1S/C18H12F6N2O/c19-17(20,21)12-7-11(8-13(9-12)18(22,23)24)5-6-27-16-14-3-1-2-4-15(14)25-10-26-16/h1-4,7-10H,5-6H2. The number of alkyl halides is 6. The predicted octanol–water partition coefficient (Wildman–Crippen LogP) is 5.29. The Kier molecular flexibility index (Phi) is 4.95. The van der Waals surface area contributed by atoms with Crippen LogP contribution in [0.25, 0.3) is 10.9 Å². The third kappa shape index (κ3) is 4.47. The number of halogens is 6. The molecule has 3 aromatic rings. The van der Waals surface area contributed by atoms with Gasteiger partial charge in [-0.3, -0.25) is 0 Å². The zero-order chi connectivity index (χ0) is 19.7. The van der Waals surface area contributed by atoms with Gasteiger partial charge >= 0.3 is 12.4 Å². The first-order valence-corrected chi connectivity index (χ1v) is 7.75. The van der Waals surface area contributed by atoms with Crippen molar-refractivity contribution in [2.45, 2.75) is 18.8 Å². The van der Waals surface area contributed by atoms with E-state index in [2.05, 4.69) is 9.97 Å². The monoisotopic (exact) mass is 386 g/mol. The molecule has 0 N–H and O–H groups in total. The van der Waals surface area contributed by atoms with Gasteiger partial charge in [0.25, 0.3) is 0 Å². The Morgan fingerprint density at radius 3 is 2.07 bits per heavy atom. The van der Waals surface area contributed by atoms with Crippen molar-refractivity contribution in [3.8, 4) is 5.88 Å². The van der Waals surface area contributed by atoms with Crippen molar-refractivity contribution < 1.29 is 31.1 Å². The largest absolute Gasteiger partial charge is 0.477 e. The highest BCUT2D eigenvalue weighted by atomic mass is 19.4. The van der Waals surface area contributed by atoms with Crippen molar-refractivity contribution in [2.75, 3.05) is 6.61 Å². The second-order valence-corrected chi connectivity index (χ2v) is 5.71. The topological polar surface area (TPSA) is 35.0 Å². The maximum atomic E-state index is 12.9. The number of fused-ring (bicyclic) bond motifs is 1. The fraction of sp³-hybridized carbons (Fsp3) is 0.222. The maximum Gasteiger partial charge on any atom is 0.416 e. The highest BCUT2D eigenvalue weighted by Gasteiger charge is 2.36. The molecule has 0 unspecified atom stereocenters. The van der Waals surface area contributed by atoms with Gasteiger partial charge in [-0.2, -0.15) is 26.3 Å². The summed E-state index contributed by atoms with van der Waals surface area (Å²) in [6.45, 7) is -0.139. The lowest BCUT2D eigenvalue weighted by molar-refractivity contribution is -0.143. The fourth-order valence-corrected chi connectivity index (χ4v) is 2.52. The smallest absolute Gasteiger partial charge is 0.416 e. The van der Waals surface area contributed by atoms with Gasteiger partial charge in [0.15, 0.2) is 0 Å². The van der Waals surface area contributed by atoms with Crippen molar-refractivity contribution in [3.63, 3.8) is 0 Å². The van der Waals surface area contributed by atoms with Crippen LogP contribution in [0.4, 0.5) is 26.3 Å². The molecule has 1 heterocycles. The van der Waals surface area contributed by atoms with E-state index in [4.69, 9.17) is 4.74 Å². The zero-order valence-electron chi connectivity index (χ0n) is 13.6. The summed E-state index contributed by atoms with van der Waals surface area (Å²) in [5.74, 6) is 0.212. The Labute approximate surface area is 149 Å². The molecule has 0 amide bonds. The Hall–Kier alpha value is -2.84. The molecule has 9 heteroatoms. The molecular formula is C18H12F6N2O. The number of rotatable bonds is 4. The predicted molar refractivity (Wildman–Crippen MR) is 85.2 cm³/mol. The van der Waals surface area contributed by atoms with Crippen molar-refractivity contribution in [1.82, 2.24) is 9.97 Å². The van der Waals surface area contributed by atoms with Gasteiger partial charge < -0.3 is 4.74 Å². The lowest BCUT2D eigenvalue weighted by atomic mass is 10.0. The first kappa shape index (κ1) is 18.9. The van der Waals surface area contributed by atoms with E-state index in [1.165, 1.54) is 6.33 Å². The molecule has 0 fully saturated rings. The quantitative estimate of drug-likeness (QED) is 0.572. The van der Waals surface area contributed by atoms with Gasteiger partial charge in [0.2, 0.25) is 5.88 Å². The van der Waals surface area contributed by atoms with Gasteiger partial charge in [-0.15, -0.1) is 0 Å². The molecule has 27 heavy (non-hydrogen) atoms. The average Bonchev–Trinajstić information content (AvgIpc) is 2.60. The van der Waals surface area contributed by atoms with Crippen LogP contribution in [0, 0.1) is 0 Å². The molecule has 0 radical (unpaired) electrons. The molecule has 0 saturated carbocycles. The minimum absolute atomic E-state index is 0.0995. The Morgan fingerprint density at radius 1 is 0.815 bits per heavy atom. The minimum atomic E-state index is -4.88. The SMILES string of the molecule is FC(F)(F)c1cc(CCOc2ncnc3ccccc23)cc(C(F)(F)F)c1. The first-order valence-electron chi connectivity index (χ1n) is 7.75. The summed E-state index contributed by atoms with van der Waals surface area (Å²) in [4.78, 5) is 8.00. The van der Waals surface area contributed by atoms with Crippen molar-refractivity contribution in [3.05, 3.63) is 65.5 Å². The number of para-hydroxylation sites is 1. The van der Waals surface area contributed by atoms with Crippen molar-refractivity contribution >= 4 is 10.9 Å². The van der Waals surface area contributed by atoms with Crippen LogP contribution in [0.3, 0.4) is 0 Å². The highest BCUT2D eigenvalue weighted by Crippen LogP contribution is 2.36. The molecule has 0 spiro atoms. The van der Waals surface area contributed by atoms with Gasteiger partial charge in [-0.1, -0.05) is 12.1 Å². The summed E-state index contributed by atoms with van der Waals surface area (Å²) in [5.41, 5.74) is -2.21. The molecule has 3 rings (SSSR count). The Balaban J connectivity index is 1.81. The molecule has 142 valence electrons. The van der Waals surface area contributed by atoms with Crippen molar-refractivity contribution in [1.29, 1.82) is 0 Å². The fourth-order valence-electron chi connectivity index (χ4n) is 2.52. The van der Waals surface area contributed by atoms with Gasteiger partial charge in [0.1, 0.15) is 6.33 Å². The number of hydrogen-bond acceptors (Lipinski definition) is 3. The molecule has 0 aliphatic rings. The first-order chi connectivity index (χ1) is 12.6. The van der Waals surface area contributed by atoms with Crippen LogP contribution < -0.4 is 4.74 Å². The molecule has 0 atom stereocenters. The molecular weight excluding hydrogens is 374 g/mol. The third-order valence-corrected chi connectivity index (χ3v) is 3.78. The van der Waals surface area contributed by atoms with Gasteiger partial charge in [0, 0.05) is 6.42 Å². The van der Waals surface area contributed by atoms with E-state index >= 15 is 0 Å². The van der Waals surface area contributed by atoms with E-state index in [1.54, 1.807) is 24.3 Å². The summed E-state index contributed by atoms with van der Waals surface area (Å²) in [5, 5.41) is 0.597. The number of benzene rings is 2. The second-order valence-electron chi connectivity index (χ2n) is 5.71. The average molecular weight is 386 g/mol. The summed E-state index contributed by atoms with van der Waals surface area (Å²) in [6, 6.07) is 8.42. The third-order valence-electron chi connectivity index (χ3n) is 3.78. The van der Waals surface area contributed by atoms with Gasteiger partial charge in [0.05, 0.1) is 28.6 Å². The highest BCUT2D eigenvalue weighted by molar-refractivity contribution is 5.82. The van der Waals surface area contributed by atoms with E-state index in [1.807, 2.05) is 0 Å². The lowest BCUT2D eigenvalue weighted by Gasteiger charge is -2.14. The summed E-state index contributed by atoms with van der Waals surface area (Å²) in [7, 11) is 0. The van der Waals surface area contributed by atoms with E-state index in [-0.39, 0.29) is 30.5 Å². The van der Waals surface area contributed by atoms with Crippen LogP contribution in [-0.4, -0.2) is 16.6 Å². The number of nitrogens with zero attached hydrogens (tertiary/aromatic N) is 2. The molecule has 2 aromatic carbocycles. The van der Waals surface area contributed by atoms with Crippen LogP contribution in [0.15, 0.2) is 48.8 Å². The molecule has 0 aliphatic carbocycles. The van der Waals surface area contributed by atoms with Gasteiger partial charge in [-0.25, -0.2) is 9.97 Å². The van der Waals surface area contributed by atoms with Crippen LogP contribution in [0.2, 0.25) is 0 Å². The molecule has 3 nitrogen and oxygen atoms in total. The van der Waals surface area contributed by atoms with E-state index in [0.29, 0.717) is 23.0 Å². The number of hydrogen-bond donors (Lipinski definition) is 0. The number of aromatic nitrogens is 2. The molecule has 0 aliphatic heterocycles. The summed E-state index contributed by atoms with van der Waals surface area (Å²) in [6.07, 6.45) is -8.63. The Morgan fingerprint density at radius 2 is 1.44 bits per heavy atom. The zero-order valence-corrected chi connectivity index (χ0v) is 13.6. The van der Waals surface area contributed by atoms with Crippen LogP contribution in [-0.2, 0) is 18.8 Å². The van der Waals surface area contributed by atoms with Gasteiger partial charge in [-0.05, 0) is 35.9 Å². The normalized spacial score (nSPS) is 12.4. The maximum absolute atomic E-state index is 12.9. The van der Waals surface area contributed by atoms with E-state index < -0.39 is 23.5 Å². The second kappa shape index (κ2) is 7.05. The summed E-state index contributed by atoms with van der Waals surface area (Å²) < 4.78 is 82.8. The molecule has 1 aromatic heterocycles. The number of ether oxygens (including phenoxy) is 1. The van der Waals surface area contributed by atoms with E-state index in [0.717, 1.165) is 0 Å². The van der Waals surface area contributed by atoms with Crippen LogP contribution in [0.5, 0.6) is 5.88 Å². The minimum Gasteiger partial charge on any atom is -0.477 e. The van der Waals surface area contributed by atoms with E-state index in [9.17, 15) is 26.3 Å². The van der Waals surface area contributed by atoms with Crippen LogP contribution >= 0.6 is 0 Å². The molecule has 0 saturated heterocycles. The molecule has 0 bridgehead atoms. The summed E-state index contributed by atoms with van der Waals surface area (Å²) >= 11 is 0. The van der Waals surface area contributed by atoms with Crippen LogP contribution in [0.1, 0.15) is 16.7 Å².